The van der Waals surface area contributed by atoms with Crippen LogP contribution in [0, 0.1) is 0 Å². The van der Waals surface area contributed by atoms with Crippen molar-refractivity contribution < 1.29 is 9.21 Å². The maximum Gasteiger partial charge on any atom is 0.251 e. The third-order valence-electron chi connectivity index (χ3n) is 5.63. The minimum absolute atomic E-state index is 0.0173. The number of nitrogens with zero attached hydrogens (tertiary/aromatic N) is 2. The first-order valence-electron chi connectivity index (χ1n) is 11.3. The quantitative estimate of drug-likeness (QED) is 0.309. The smallest absolute Gasteiger partial charge is 0.251 e. The zero-order valence-electron chi connectivity index (χ0n) is 18.7. The molecule has 168 valence electrons. The van der Waals surface area contributed by atoms with Crippen molar-refractivity contribution in [1.29, 1.82) is 0 Å². The molecular formula is C24H35N5O2. The van der Waals surface area contributed by atoms with Gasteiger partial charge in [-0.3, -0.25) is 14.7 Å². The Morgan fingerprint density at radius 1 is 1.13 bits per heavy atom. The van der Waals surface area contributed by atoms with Crippen molar-refractivity contribution in [2.75, 3.05) is 33.2 Å². The van der Waals surface area contributed by atoms with E-state index in [9.17, 15) is 4.79 Å². The van der Waals surface area contributed by atoms with Gasteiger partial charge in [-0.15, -0.1) is 0 Å². The first-order chi connectivity index (χ1) is 15.2. The number of benzene rings is 1. The SMILES string of the molecule is CCCCNC(=O)c1ccc(CNC(=NC)NCC(c2ccco2)N2CCCC2)cc1. The van der Waals surface area contributed by atoms with Crippen LogP contribution in [-0.2, 0) is 6.54 Å². The van der Waals surface area contributed by atoms with Gasteiger partial charge >= 0.3 is 0 Å². The molecule has 31 heavy (non-hydrogen) atoms. The average Bonchev–Trinajstić information content (AvgIpc) is 3.51. The standard InChI is InChI=1S/C24H35N5O2/c1-3-4-13-26-23(30)20-11-9-19(10-12-20)17-27-24(25-2)28-18-21(22-8-7-16-31-22)29-14-5-6-15-29/h7-12,16,21H,3-6,13-15,17-18H2,1-2H3,(H,26,30)(H2,25,27,28). The second-order valence-electron chi connectivity index (χ2n) is 7.89. The highest BCUT2D eigenvalue weighted by Gasteiger charge is 2.25. The molecule has 1 aromatic carbocycles. The fourth-order valence-electron chi connectivity index (χ4n) is 3.80. The number of unbranched alkanes of at least 4 members (excludes halogenated alkanes) is 1. The summed E-state index contributed by atoms with van der Waals surface area (Å²) < 4.78 is 5.69. The largest absolute Gasteiger partial charge is 0.468 e. The van der Waals surface area contributed by atoms with E-state index in [1.54, 1.807) is 13.3 Å². The number of hydrogen-bond acceptors (Lipinski definition) is 4. The van der Waals surface area contributed by atoms with E-state index >= 15 is 0 Å². The first-order valence-corrected chi connectivity index (χ1v) is 11.3. The summed E-state index contributed by atoms with van der Waals surface area (Å²) >= 11 is 0. The number of amides is 1. The van der Waals surface area contributed by atoms with E-state index in [0.717, 1.165) is 56.3 Å². The second kappa shape index (κ2) is 12.2. The Morgan fingerprint density at radius 2 is 1.90 bits per heavy atom. The van der Waals surface area contributed by atoms with Crippen LogP contribution in [0.15, 0.2) is 52.1 Å². The second-order valence-corrected chi connectivity index (χ2v) is 7.89. The molecule has 0 bridgehead atoms. The highest BCUT2D eigenvalue weighted by atomic mass is 16.3. The van der Waals surface area contributed by atoms with Gasteiger partial charge in [0.05, 0.1) is 12.3 Å². The van der Waals surface area contributed by atoms with E-state index in [1.807, 2.05) is 36.4 Å². The lowest BCUT2D eigenvalue weighted by Crippen LogP contribution is -2.42. The lowest BCUT2D eigenvalue weighted by molar-refractivity contribution is 0.0953. The Labute approximate surface area is 185 Å². The molecule has 1 fully saturated rings. The van der Waals surface area contributed by atoms with Crippen LogP contribution in [0.2, 0.25) is 0 Å². The highest BCUT2D eigenvalue weighted by molar-refractivity contribution is 5.94. The van der Waals surface area contributed by atoms with Gasteiger partial charge in [-0.25, -0.2) is 0 Å². The maximum absolute atomic E-state index is 12.1. The van der Waals surface area contributed by atoms with Gasteiger partial charge in [-0.1, -0.05) is 25.5 Å². The Kier molecular flexibility index (Phi) is 8.97. The number of rotatable bonds is 10. The molecule has 1 unspecified atom stereocenters. The molecule has 0 aliphatic carbocycles. The summed E-state index contributed by atoms with van der Waals surface area (Å²) in [4.78, 5) is 18.9. The van der Waals surface area contributed by atoms with E-state index in [4.69, 9.17) is 4.42 Å². The maximum atomic E-state index is 12.1. The molecule has 3 N–H and O–H groups in total. The van der Waals surface area contributed by atoms with Crippen LogP contribution >= 0.6 is 0 Å². The van der Waals surface area contributed by atoms with E-state index < -0.39 is 0 Å². The highest BCUT2D eigenvalue weighted by Crippen LogP contribution is 2.24. The lowest BCUT2D eigenvalue weighted by Gasteiger charge is -2.26. The fourth-order valence-corrected chi connectivity index (χ4v) is 3.80. The zero-order valence-corrected chi connectivity index (χ0v) is 18.7. The molecule has 7 heteroatoms. The van der Waals surface area contributed by atoms with Crippen molar-refractivity contribution in [3.05, 3.63) is 59.5 Å². The Morgan fingerprint density at radius 3 is 2.55 bits per heavy atom. The molecule has 0 spiro atoms. The number of hydrogen-bond donors (Lipinski definition) is 3. The van der Waals surface area contributed by atoms with Crippen LogP contribution in [0.3, 0.4) is 0 Å². The molecular weight excluding hydrogens is 390 g/mol. The van der Waals surface area contributed by atoms with E-state index in [1.165, 1.54) is 12.8 Å². The van der Waals surface area contributed by atoms with Crippen LogP contribution in [0.5, 0.6) is 0 Å². The third kappa shape index (κ3) is 6.85. The summed E-state index contributed by atoms with van der Waals surface area (Å²) in [5.74, 6) is 1.71. The Bertz CT molecular complexity index is 811. The van der Waals surface area contributed by atoms with Crippen molar-refractivity contribution in [3.8, 4) is 0 Å². The number of furan rings is 1. The van der Waals surface area contributed by atoms with Gasteiger partial charge in [0.15, 0.2) is 5.96 Å². The minimum Gasteiger partial charge on any atom is -0.468 e. The summed E-state index contributed by atoms with van der Waals surface area (Å²) in [5.41, 5.74) is 1.78. The van der Waals surface area contributed by atoms with E-state index in [2.05, 4.69) is 32.8 Å². The predicted octanol–water partition coefficient (Wildman–Crippen LogP) is 3.31. The van der Waals surface area contributed by atoms with Crippen LogP contribution < -0.4 is 16.0 Å². The summed E-state index contributed by atoms with van der Waals surface area (Å²) in [6.45, 7) is 6.38. The van der Waals surface area contributed by atoms with Gasteiger partial charge in [0.2, 0.25) is 0 Å². The van der Waals surface area contributed by atoms with Crippen molar-refractivity contribution in [2.45, 2.75) is 45.2 Å². The molecule has 2 aromatic rings. The number of carbonyl (C=O) groups is 1. The number of carbonyl (C=O) groups excluding carboxylic acids is 1. The van der Waals surface area contributed by atoms with Crippen molar-refractivity contribution in [1.82, 2.24) is 20.9 Å². The van der Waals surface area contributed by atoms with Crippen LogP contribution in [0.1, 0.15) is 60.3 Å². The molecule has 1 atom stereocenters. The van der Waals surface area contributed by atoms with Crippen LogP contribution in [0.25, 0.3) is 0 Å². The molecule has 2 heterocycles. The van der Waals surface area contributed by atoms with E-state index in [0.29, 0.717) is 12.1 Å². The topological polar surface area (TPSA) is 81.9 Å². The normalized spacial score (nSPS) is 15.6. The molecule has 1 aliphatic heterocycles. The van der Waals surface area contributed by atoms with Gasteiger partial charge in [-0.05, 0) is 62.2 Å². The molecule has 0 radical (unpaired) electrons. The van der Waals surface area contributed by atoms with Gasteiger partial charge < -0.3 is 20.4 Å². The van der Waals surface area contributed by atoms with Crippen molar-refractivity contribution in [3.63, 3.8) is 0 Å². The summed E-state index contributed by atoms with van der Waals surface area (Å²) in [7, 11) is 1.77. The Balaban J connectivity index is 1.49. The zero-order chi connectivity index (χ0) is 21.9. The van der Waals surface area contributed by atoms with Crippen LogP contribution in [0.4, 0.5) is 0 Å². The molecule has 1 aromatic heterocycles. The molecule has 1 saturated heterocycles. The van der Waals surface area contributed by atoms with Gasteiger partial charge in [-0.2, -0.15) is 0 Å². The van der Waals surface area contributed by atoms with E-state index in [-0.39, 0.29) is 11.9 Å². The molecule has 0 saturated carbocycles. The molecule has 3 rings (SSSR count). The van der Waals surface area contributed by atoms with Gasteiger partial charge in [0.25, 0.3) is 5.91 Å². The third-order valence-corrected chi connectivity index (χ3v) is 5.63. The number of guanidine groups is 1. The minimum atomic E-state index is -0.0173. The number of aliphatic imine (C=N–C) groups is 1. The summed E-state index contributed by atoms with van der Waals surface area (Å²) in [6, 6.07) is 11.9. The van der Waals surface area contributed by atoms with Crippen molar-refractivity contribution >= 4 is 11.9 Å². The summed E-state index contributed by atoms with van der Waals surface area (Å²) in [6.07, 6.45) is 6.27. The average molecular weight is 426 g/mol. The molecule has 1 aliphatic rings. The summed E-state index contributed by atoms with van der Waals surface area (Å²) in [5, 5.41) is 9.74. The van der Waals surface area contributed by atoms with Gasteiger partial charge in [0, 0.05) is 32.2 Å². The predicted molar refractivity (Wildman–Crippen MR) is 124 cm³/mol. The Hall–Kier alpha value is -2.80. The number of likely N-dealkylation sites (tertiary alicyclic amines) is 1. The number of nitrogens with one attached hydrogen (secondary N) is 3. The van der Waals surface area contributed by atoms with Crippen LogP contribution in [-0.4, -0.2) is 50.0 Å². The first kappa shape index (κ1) is 22.9. The van der Waals surface area contributed by atoms with Crippen molar-refractivity contribution in [2.24, 2.45) is 4.99 Å². The molecule has 1 amide bonds. The fraction of sp³-hybridized carbons (Fsp3) is 0.500. The van der Waals surface area contributed by atoms with Gasteiger partial charge in [0.1, 0.15) is 5.76 Å². The monoisotopic (exact) mass is 425 g/mol. The molecule has 7 nitrogen and oxygen atoms in total. The lowest BCUT2D eigenvalue weighted by atomic mass is 10.1.